The molecular formula is C19H24Cl2N2O2. The van der Waals surface area contributed by atoms with Gasteiger partial charge in [-0.2, -0.15) is 0 Å². The molecule has 0 spiro atoms. The molecule has 1 fully saturated rings. The molecule has 3 rings (SSSR count). The van der Waals surface area contributed by atoms with Crippen LogP contribution in [0.25, 0.3) is 0 Å². The molecule has 0 aliphatic carbocycles. The van der Waals surface area contributed by atoms with E-state index in [9.17, 15) is 0 Å². The first kappa shape index (κ1) is 19.9. The highest BCUT2D eigenvalue weighted by molar-refractivity contribution is 6.33. The van der Waals surface area contributed by atoms with Crippen LogP contribution in [0.15, 0.2) is 48.5 Å². The molecule has 25 heavy (non-hydrogen) atoms. The van der Waals surface area contributed by atoms with Crippen molar-refractivity contribution >= 4 is 28.9 Å². The van der Waals surface area contributed by atoms with Crippen LogP contribution in [0.2, 0.25) is 10.0 Å². The molecule has 1 atom stereocenters. The number of nitrogens with one attached hydrogen (secondary N) is 1. The van der Waals surface area contributed by atoms with Crippen LogP contribution in [0.1, 0.15) is 6.92 Å². The highest BCUT2D eigenvalue weighted by Gasteiger charge is 2.14. The fourth-order valence-electron chi connectivity index (χ4n) is 2.37. The van der Waals surface area contributed by atoms with Gasteiger partial charge in [-0.15, -0.1) is 0 Å². The maximum absolute atomic E-state index is 9.17. The van der Waals surface area contributed by atoms with Crippen LogP contribution in [0.3, 0.4) is 0 Å². The first-order chi connectivity index (χ1) is 12.1. The maximum Gasteiger partial charge on any atom is 0.121 e. The number of benzene rings is 2. The summed E-state index contributed by atoms with van der Waals surface area (Å²) >= 11 is 11.8. The highest BCUT2D eigenvalue weighted by Crippen LogP contribution is 2.30. The van der Waals surface area contributed by atoms with Gasteiger partial charge < -0.3 is 20.1 Å². The Balaban J connectivity index is 0.000000269. The van der Waals surface area contributed by atoms with Crippen LogP contribution >= 0.6 is 23.2 Å². The van der Waals surface area contributed by atoms with E-state index < -0.39 is 6.10 Å². The van der Waals surface area contributed by atoms with Crippen LogP contribution in [-0.2, 0) is 0 Å². The third-order valence-electron chi connectivity index (χ3n) is 3.60. The predicted octanol–water partition coefficient (Wildman–Crippen LogP) is 3.85. The van der Waals surface area contributed by atoms with Crippen molar-refractivity contribution in [1.29, 1.82) is 0 Å². The van der Waals surface area contributed by atoms with Gasteiger partial charge in [-0.3, -0.25) is 0 Å². The number of piperazine rings is 1. The second-order valence-corrected chi connectivity index (χ2v) is 6.65. The van der Waals surface area contributed by atoms with E-state index in [1.54, 1.807) is 13.0 Å². The lowest BCUT2D eigenvalue weighted by atomic mass is 10.2. The summed E-state index contributed by atoms with van der Waals surface area (Å²) in [5, 5.41) is 14.0. The van der Waals surface area contributed by atoms with Crippen LogP contribution < -0.4 is 15.0 Å². The Labute approximate surface area is 159 Å². The van der Waals surface area contributed by atoms with Crippen molar-refractivity contribution < 1.29 is 9.84 Å². The van der Waals surface area contributed by atoms with Crippen LogP contribution in [-0.4, -0.2) is 44.0 Å². The van der Waals surface area contributed by atoms with E-state index in [4.69, 9.17) is 33.0 Å². The smallest absolute Gasteiger partial charge is 0.121 e. The number of aliphatic hydroxyl groups excluding tert-OH is 1. The molecule has 2 aromatic rings. The summed E-state index contributed by atoms with van der Waals surface area (Å²) in [6.07, 6.45) is -0.475. The first-order valence-electron chi connectivity index (χ1n) is 8.33. The standard InChI is InChI=1S/C13H19ClN2O2.C6H5Cl/c1-10(17)9-18-11-2-3-13(12(14)8-11)16-6-4-15-5-7-16;7-6-4-2-1-3-5-6/h2-3,8,10,15,17H,4-7,9H2,1H3;1-5H. The molecule has 1 saturated heterocycles. The predicted molar refractivity (Wildman–Crippen MR) is 105 cm³/mol. The monoisotopic (exact) mass is 382 g/mol. The summed E-state index contributed by atoms with van der Waals surface area (Å²) in [5.74, 6) is 0.694. The topological polar surface area (TPSA) is 44.7 Å². The molecule has 136 valence electrons. The van der Waals surface area contributed by atoms with Crippen LogP contribution in [0, 0.1) is 0 Å². The highest BCUT2D eigenvalue weighted by atomic mass is 35.5. The normalized spacial score (nSPS) is 15.1. The van der Waals surface area contributed by atoms with Crippen molar-refractivity contribution in [3.63, 3.8) is 0 Å². The van der Waals surface area contributed by atoms with Gasteiger partial charge in [-0.05, 0) is 31.2 Å². The van der Waals surface area contributed by atoms with Gasteiger partial charge in [-0.1, -0.05) is 41.4 Å². The number of ether oxygens (including phenoxy) is 1. The van der Waals surface area contributed by atoms with Gasteiger partial charge in [0.05, 0.1) is 16.8 Å². The van der Waals surface area contributed by atoms with Gasteiger partial charge in [0.15, 0.2) is 0 Å². The fraction of sp³-hybridized carbons (Fsp3) is 0.368. The molecule has 0 saturated carbocycles. The van der Waals surface area contributed by atoms with Gasteiger partial charge in [0.2, 0.25) is 0 Å². The molecule has 6 heteroatoms. The van der Waals surface area contributed by atoms with Gasteiger partial charge in [0, 0.05) is 37.3 Å². The van der Waals surface area contributed by atoms with Crippen molar-refractivity contribution in [2.24, 2.45) is 0 Å². The summed E-state index contributed by atoms with van der Waals surface area (Å²) < 4.78 is 5.43. The lowest BCUT2D eigenvalue weighted by Crippen LogP contribution is -2.43. The molecule has 0 amide bonds. The molecule has 0 bridgehead atoms. The summed E-state index contributed by atoms with van der Waals surface area (Å²) in [4.78, 5) is 2.26. The van der Waals surface area contributed by atoms with Gasteiger partial charge in [0.1, 0.15) is 12.4 Å². The summed E-state index contributed by atoms with van der Waals surface area (Å²) in [5.41, 5.74) is 1.04. The minimum atomic E-state index is -0.475. The minimum Gasteiger partial charge on any atom is -0.491 e. The van der Waals surface area contributed by atoms with E-state index in [0.29, 0.717) is 10.8 Å². The van der Waals surface area contributed by atoms with E-state index in [-0.39, 0.29) is 6.61 Å². The van der Waals surface area contributed by atoms with Crippen molar-refractivity contribution in [2.75, 3.05) is 37.7 Å². The zero-order chi connectivity index (χ0) is 18.1. The Kier molecular flexibility index (Phi) is 8.35. The molecule has 0 aromatic heterocycles. The third-order valence-corrected chi connectivity index (χ3v) is 4.16. The maximum atomic E-state index is 9.17. The zero-order valence-electron chi connectivity index (χ0n) is 14.3. The number of halogens is 2. The van der Waals surface area contributed by atoms with E-state index in [1.807, 2.05) is 42.5 Å². The lowest BCUT2D eigenvalue weighted by molar-refractivity contribution is 0.123. The van der Waals surface area contributed by atoms with E-state index in [1.165, 1.54) is 0 Å². The van der Waals surface area contributed by atoms with Gasteiger partial charge in [0.25, 0.3) is 0 Å². The summed E-state index contributed by atoms with van der Waals surface area (Å²) in [6, 6.07) is 15.1. The second-order valence-electron chi connectivity index (χ2n) is 5.81. The van der Waals surface area contributed by atoms with Gasteiger partial charge in [-0.25, -0.2) is 0 Å². The molecule has 1 unspecified atom stereocenters. The minimum absolute atomic E-state index is 0.281. The second kappa shape index (κ2) is 10.5. The number of nitrogens with zero attached hydrogens (tertiary/aromatic N) is 1. The van der Waals surface area contributed by atoms with E-state index >= 15 is 0 Å². The molecule has 1 heterocycles. The summed E-state index contributed by atoms with van der Waals surface area (Å²) in [6.45, 7) is 5.87. The number of aliphatic hydroxyl groups is 1. The Bertz CT molecular complexity index is 633. The van der Waals surface area contributed by atoms with E-state index in [0.717, 1.165) is 36.9 Å². The molecule has 2 N–H and O–H groups in total. The van der Waals surface area contributed by atoms with Crippen molar-refractivity contribution in [3.8, 4) is 5.75 Å². The molecule has 4 nitrogen and oxygen atoms in total. The molecule has 2 aromatic carbocycles. The third kappa shape index (κ3) is 7.12. The van der Waals surface area contributed by atoms with Crippen LogP contribution in [0.4, 0.5) is 5.69 Å². The SMILES string of the molecule is CC(O)COc1ccc(N2CCNCC2)c(Cl)c1.Clc1ccccc1. The Hall–Kier alpha value is -1.46. The molecule has 0 radical (unpaired) electrons. The number of anilines is 1. The largest absolute Gasteiger partial charge is 0.491 e. The molecule has 1 aliphatic rings. The van der Waals surface area contributed by atoms with Crippen molar-refractivity contribution in [3.05, 3.63) is 58.6 Å². The fourth-order valence-corrected chi connectivity index (χ4v) is 2.81. The average Bonchev–Trinajstić information content (AvgIpc) is 2.62. The average molecular weight is 383 g/mol. The lowest BCUT2D eigenvalue weighted by Gasteiger charge is -2.30. The van der Waals surface area contributed by atoms with Crippen molar-refractivity contribution in [2.45, 2.75) is 13.0 Å². The quantitative estimate of drug-likeness (QED) is 0.842. The number of hydrogen-bond acceptors (Lipinski definition) is 4. The Morgan fingerprint density at radius 2 is 1.80 bits per heavy atom. The van der Waals surface area contributed by atoms with Crippen LogP contribution in [0.5, 0.6) is 5.75 Å². The van der Waals surface area contributed by atoms with E-state index in [2.05, 4.69) is 10.2 Å². The van der Waals surface area contributed by atoms with Gasteiger partial charge >= 0.3 is 0 Å². The Morgan fingerprint density at radius 1 is 1.12 bits per heavy atom. The van der Waals surface area contributed by atoms with Crippen molar-refractivity contribution in [1.82, 2.24) is 5.32 Å². The Morgan fingerprint density at radius 3 is 2.32 bits per heavy atom. The number of hydrogen-bond donors (Lipinski definition) is 2. The molecular weight excluding hydrogens is 359 g/mol. The first-order valence-corrected chi connectivity index (χ1v) is 9.08. The summed E-state index contributed by atoms with van der Waals surface area (Å²) in [7, 11) is 0. The molecule has 1 aliphatic heterocycles. The number of rotatable bonds is 4. The zero-order valence-corrected chi connectivity index (χ0v) is 15.8.